The number of aromatic nitrogens is 1. The minimum atomic E-state index is -1.28. The maximum atomic E-state index is 13.3. The Hall–Kier alpha value is -3.77. The number of carbonyl (C=O) groups is 6. The van der Waals surface area contributed by atoms with Crippen LogP contribution in [0.5, 0.6) is 0 Å². The van der Waals surface area contributed by atoms with Crippen LogP contribution < -0.4 is 10.6 Å². The van der Waals surface area contributed by atoms with E-state index in [2.05, 4.69) is 15.8 Å². The molecule has 172 valence electrons. The molecular weight excluding hydrogens is 426 g/mol. The average Bonchev–Trinajstić information content (AvgIpc) is 3.16. The van der Waals surface area contributed by atoms with Crippen molar-refractivity contribution in [2.45, 2.75) is 57.2 Å². The summed E-state index contributed by atoms with van der Waals surface area (Å²) in [5.74, 6) is -3.34. The Bertz CT molecular complexity index is 944. The monoisotopic (exact) mass is 449 g/mol. The largest absolute Gasteiger partial charge is 0.481 e. The number of rotatable bonds is 7. The molecule has 3 atom stereocenters. The van der Waals surface area contributed by atoms with Crippen LogP contribution in [0.25, 0.3) is 0 Å². The summed E-state index contributed by atoms with van der Waals surface area (Å²) in [6.45, 7) is 1.81. The fourth-order valence-electron chi connectivity index (χ4n) is 3.71. The topological polar surface area (TPSA) is 179 Å². The number of carboxylic acid groups (broad SMARTS) is 1. The normalized spacial score (nSPS) is 21.9. The smallest absolute Gasteiger partial charge is 0.305 e. The molecule has 2 saturated heterocycles. The molecule has 3 N–H and O–H groups in total. The number of hydrogen-bond acceptors (Lipinski definition) is 8. The van der Waals surface area contributed by atoms with Gasteiger partial charge in [-0.1, -0.05) is 5.16 Å². The van der Waals surface area contributed by atoms with Crippen molar-refractivity contribution < 1.29 is 38.4 Å². The molecule has 0 radical (unpaired) electrons. The molecule has 0 aromatic carbocycles. The lowest BCUT2D eigenvalue weighted by atomic mass is 10.0. The van der Waals surface area contributed by atoms with Gasteiger partial charge in [-0.15, -0.1) is 0 Å². The Balaban J connectivity index is 1.80. The first-order valence-corrected chi connectivity index (χ1v) is 10.1. The first-order chi connectivity index (χ1) is 15.2. The van der Waals surface area contributed by atoms with E-state index in [-0.39, 0.29) is 37.4 Å². The Morgan fingerprint density at radius 3 is 2.72 bits per heavy atom. The van der Waals surface area contributed by atoms with Crippen LogP contribution in [0.3, 0.4) is 0 Å². The van der Waals surface area contributed by atoms with E-state index in [1.54, 1.807) is 6.92 Å². The van der Waals surface area contributed by atoms with Gasteiger partial charge in [-0.05, 0) is 26.2 Å². The summed E-state index contributed by atoms with van der Waals surface area (Å²) in [6.07, 6.45) is 0.295. The molecule has 0 aliphatic carbocycles. The third kappa shape index (κ3) is 4.92. The van der Waals surface area contributed by atoms with Gasteiger partial charge in [0.15, 0.2) is 5.69 Å². The van der Waals surface area contributed by atoms with Crippen LogP contribution >= 0.6 is 0 Å². The molecule has 0 bridgehead atoms. The molecule has 0 unspecified atom stereocenters. The van der Waals surface area contributed by atoms with Gasteiger partial charge >= 0.3 is 5.97 Å². The molecule has 4 amide bonds. The van der Waals surface area contributed by atoms with Crippen LogP contribution in [0.15, 0.2) is 10.6 Å². The SMILES string of the molecule is Cc1cc(C(=O)N[C@H]2CCC(=O)N3CCC[C@@H](C(=O)N[C@H](C=O)CC(=O)O)N3C2=O)no1. The van der Waals surface area contributed by atoms with Crippen LogP contribution in [0.4, 0.5) is 0 Å². The van der Waals surface area contributed by atoms with Crippen molar-refractivity contribution in [2.24, 2.45) is 0 Å². The van der Waals surface area contributed by atoms with Crippen molar-refractivity contribution in [2.75, 3.05) is 6.54 Å². The van der Waals surface area contributed by atoms with Crippen LogP contribution in [0, 0.1) is 6.92 Å². The minimum absolute atomic E-state index is 0.0254. The first kappa shape index (κ1) is 22.9. The minimum Gasteiger partial charge on any atom is -0.481 e. The van der Waals surface area contributed by atoms with Crippen LogP contribution in [0.2, 0.25) is 0 Å². The number of aryl methyl sites for hydroxylation is 1. The van der Waals surface area contributed by atoms with Crippen molar-refractivity contribution in [3.8, 4) is 0 Å². The van der Waals surface area contributed by atoms with Gasteiger partial charge in [0.25, 0.3) is 11.8 Å². The van der Waals surface area contributed by atoms with Gasteiger partial charge < -0.3 is 25.1 Å². The number of aliphatic carboxylic acids is 1. The summed E-state index contributed by atoms with van der Waals surface area (Å²) in [6, 6.07) is -2.11. The summed E-state index contributed by atoms with van der Waals surface area (Å²) >= 11 is 0. The lowest BCUT2D eigenvalue weighted by Gasteiger charge is -2.43. The third-order valence-corrected chi connectivity index (χ3v) is 5.22. The second-order valence-corrected chi connectivity index (χ2v) is 7.59. The van der Waals surface area contributed by atoms with Gasteiger partial charge in [-0.2, -0.15) is 0 Å². The maximum absolute atomic E-state index is 13.3. The molecule has 3 heterocycles. The second kappa shape index (κ2) is 9.58. The zero-order valence-electron chi connectivity index (χ0n) is 17.3. The van der Waals surface area contributed by atoms with Gasteiger partial charge in [-0.3, -0.25) is 29.0 Å². The van der Waals surface area contributed by atoms with Gasteiger partial charge in [0.2, 0.25) is 11.8 Å². The quantitative estimate of drug-likeness (QED) is 0.430. The van der Waals surface area contributed by atoms with Crippen molar-refractivity contribution in [1.29, 1.82) is 0 Å². The number of aldehydes is 1. The maximum Gasteiger partial charge on any atom is 0.305 e. The molecule has 2 aliphatic heterocycles. The fraction of sp³-hybridized carbons (Fsp3) is 0.526. The molecular formula is C19H23N5O8. The van der Waals surface area contributed by atoms with Crippen molar-refractivity contribution >= 4 is 35.9 Å². The van der Waals surface area contributed by atoms with Crippen LogP contribution in [0.1, 0.15) is 48.4 Å². The van der Waals surface area contributed by atoms with E-state index < -0.39 is 48.2 Å². The van der Waals surface area contributed by atoms with Crippen LogP contribution in [-0.4, -0.2) is 80.8 Å². The second-order valence-electron chi connectivity index (χ2n) is 7.59. The highest BCUT2D eigenvalue weighted by Crippen LogP contribution is 2.25. The van der Waals surface area contributed by atoms with Gasteiger partial charge in [0.1, 0.15) is 24.1 Å². The fourth-order valence-corrected chi connectivity index (χ4v) is 3.71. The van der Waals surface area contributed by atoms with E-state index in [0.29, 0.717) is 18.5 Å². The molecule has 32 heavy (non-hydrogen) atoms. The summed E-state index contributed by atoms with van der Waals surface area (Å²) in [4.78, 5) is 73.2. The van der Waals surface area contributed by atoms with E-state index in [9.17, 15) is 28.8 Å². The predicted octanol–water partition coefficient (Wildman–Crippen LogP) is -1.23. The molecule has 2 aliphatic rings. The standard InChI is InChI=1S/C19H23N5O8/c1-10-7-13(22-32-10)17(29)21-12-4-5-15(26)23-6-2-3-14(24(23)19(12)31)18(30)20-11(9-25)8-16(27)28/h7,9,11-12,14H,2-6,8H2,1H3,(H,20,30)(H,21,29)(H,27,28)/t11-,12-,14-/m0/s1. The van der Waals surface area contributed by atoms with Crippen molar-refractivity contribution in [1.82, 2.24) is 25.8 Å². The Kier molecular flexibility index (Phi) is 6.85. The summed E-state index contributed by atoms with van der Waals surface area (Å²) < 4.78 is 4.86. The molecule has 2 fully saturated rings. The molecule has 1 aromatic rings. The average molecular weight is 449 g/mol. The number of hydrazine groups is 1. The number of nitrogens with one attached hydrogen (secondary N) is 2. The zero-order valence-corrected chi connectivity index (χ0v) is 17.3. The third-order valence-electron chi connectivity index (χ3n) is 5.22. The molecule has 0 saturated carbocycles. The van der Waals surface area contributed by atoms with E-state index in [1.165, 1.54) is 11.1 Å². The molecule has 1 aromatic heterocycles. The molecule has 13 heteroatoms. The summed E-state index contributed by atoms with van der Waals surface area (Å²) in [7, 11) is 0. The number of amides is 4. The van der Waals surface area contributed by atoms with Gasteiger partial charge in [0.05, 0.1) is 12.5 Å². The lowest BCUT2D eigenvalue weighted by Crippen LogP contribution is -2.64. The highest BCUT2D eigenvalue weighted by molar-refractivity contribution is 5.99. The van der Waals surface area contributed by atoms with Gasteiger partial charge in [-0.25, -0.2) is 5.01 Å². The van der Waals surface area contributed by atoms with Crippen molar-refractivity contribution in [3.63, 3.8) is 0 Å². The van der Waals surface area contributed by atoms with E-state index in [0.717, 1.165) is 5.01 Å². The Morgan fingerprint density at radius 2 is 2.09 bits per heavy atom. The predicted molar refractivity (Wildman–Crippen MR) is 104 cm³/mol. The summed E-state index contributed by atoms with van der Waals surface area (Å²) in [5.41, 5.74) is -0.0295. The number of nitrogens with zero attached hydrogens (tertiary/aromatic N) is 3. The van der Waals surface area contributed by atoms with E-state index in [1.807, 2.05) is 0 Å². The first-order valence-electron chi connectivity index (χ1n) is 10.1. The number of hydrogen-bond donors (Lipinski definition) is 3. The van der Waals surface area contributed by atoms with Gasteiger partial charge in [0, 0.05) is 19.0 Å². The van der Waals surface area contributed by atoms with Crippen molar-refractivity contribution in [3.05, 3.63) is 17.5 Å². The molecule has 0 spiro atoms. The zero-order chi connectivity index (χ0) is 23.4. The number of carbonyl (C=O) groups excluding carboxylic acids is 5. The van der Waals surface area contributed by atoms with E-state index in [4.69, 9.17) is 9.63 Å². The Labute approximate surface area is 182 Å². The lowest BCUT2D eigenvalue weighted by molar-refractivity contribution is -0.176. The molecule has 3 rings (SSSR count). The highest BCUT2D eigenvalue weighted by atomic mass is 16.5. The van der Waals surface area contributed by atoms with E-state index >= 15 is 0 Å². The van der Waals surface area contributed by atoms with Crippen LogP contribution in [-0.2, 0) is 24.0 Å². The highest BCUT2D eigenvalue weighted by Gasteiger charge is 2.45. The number of carboxylic acids is 1. The Morgan fingerprint density at radius 1 is 1.34 bits per heavy atom. The summed E-state index contributed by atoms with van der Waals surface area (Å²) in [5, 5.41) is 19.5. The number of fused-ring (bicyclic) bond motifs is 1. The molecule has 13 nitrogen and oxygen atoms in total.